The van der Waals surface area contributed by atoms with Gasteiger partial charge in [-0.05, 0) is 18.2 Å². The first-order chi connectivity index (χ1) is 13.7. The smallest absolute Gasteiger partial charge is 0.270 e. The quantitative estimate of drug-likeness (QED) is 0.377. The van der Waals surface area contributed by atoms with Gasteiger partial charge >= 0.3 is 0 Å². The highest BCUT2D eigenvalue weighted by atomic mass is 16.6. The zero-order valence-electron chi connectivity index (χ0n) is 14.8. The fraction of sp³-hybridized carbons (Fsp3) is 0.0500. The van der Waals surface area contributed by atoms with Crippen molar-refractivity contribution in [2.24, 2.45) is 0 Å². The predicted octanol–water partition coefficient (Wildman–Crippen LogP) is 4.38. The fourth-order valence-electron chi connectivity index (χ4n) is 2.74. The molecule has 2 aromatic heterocycles. The number of rotatable bonds is 5. The second-order valence-electron chi connectivity index (χ2n) is 5.85. The molecule has 0 unspecified atom stereocenters. The van der Waals surface area contributed by atoms with Gasteiger partial charge in [-0.1, -0.05) is 41.6 Å². The molecular weight excluding hydrogens is 360 g/mol. The third-order valence-electron chi connectivity index (χ3n) is 4.09. The van der Waals surface area contributed by atoms with E-state index in [9.17, 15) is 10.1 Å². The molecule has 4 aromatic rings. The summed E-state index contributed by atoms with van der Waals surface area (Å²) >= 11 is 0. The molecule has 8 heteroatoms. The number of aromatic nitrogens is 3. The van der Waals surface area contributed by atoms with Crippen molar-refractivity contribution in [2.45, 2.75) is 0 Å². The van der Waals surface area contributed by atoms with E-state index in [2.05, 4.69) is 15.1 Å². The largest absolute Gasteiger partial charge is 0.480 e. The average molecular weight is 374 g/mol. The van der Waals surface area contributed by atoms with Crippen LogP contribution in [0.1, 0.15) is 0 Å². The Morgan fingerprint density at radius 3 is 2.50 bits per heavy atom. The number of methoxy groups -OCH3 is 1. The maximum atomic E-state index is 11.0. The standard InChI is InChI=1S/C20H14N4O4/c1-27-20-16(10-11-17(21-20)13-6-3-2-4-7-13)18-22-19(28-23-18)14-8-5-9-15(12-14)24(25)26/h2-12H,1H3. The molecule has 0 aliphatic rings. The number of hydrogen-bond donors (Lipinski definition) is 0. The molecule has 0 fully saturated rings. The van der Waals surface area contributed by atoms with Crippen molar-refractivity contribution in [1.82, 2.24) is 15.1 Å². The molecule has 0 saturated carbocycles. The van der Waals surface area contributed by atoms with E-state index in [1.165, 1.54) is 19.2 Å². The normalized spacial score (nSPS) is 10.6. The van der Waals surface area contributed by atoms with Crippen molar-refractivity contribution in [1.29, 1.82) is 0 Å². The number of hydrogen-bond acceptors (Lipinski definition) is 7. The summed E-state index contributed by atoms with van der Waals surface area (Å²) in [5, 5.41) is 14.9. The summed E-state index contributed by atoms with van der Waals surface area (Å²) in [6.45, 7) is 0. The maximum Gasteiger partial charge on any atom is 0.270 e. The van der Waals surface area contributed by atoms with E-state index in [4.69, 9.17) is 9.26 Å². The van der Waals surface area contributed by atoms with Crippen LogP contribution in [0.2, 0.25) is 0 Å². The van der Waals surface area contributed by atoms with Crippen LogP contribution in [0.5, 0.6) is 5.88 Å². The van der Waals surface area contributed by atoms with Gasteiger partial charge in [-0.2, -0.15) is 4.98 Å². The molecule has 0 aliphatic carbocycles. The zero-order valence-corrected chi connectivity index (χ0v) is 14.8. The third kappa shape index (κ3) is 3.30. The molecule has 28 heavy (non-hydrogen) atoms. The lowest BCUT2D eigenvalue weighted by Crippen LogP contribution is -1.95. The number of non-ortho nitro benzene ring substituents is 1. The van der Waals surface area contributed by atoms with E-state index < -0.39 is 4.92 Å². The number of nitro benzene ring substituents is 1. The molecule has 0 atom stereocenters. The van der Waals surface area contributed by atoms with Crippen molar-refractivity contribution in [2.75, 3.05) is 7.11 Å². The van der Waals surface area contributed by atoms with Gasteiger partial charge in [0.05, 0.1) is 23.3 Å². The first kappa shape index (κ1) is 17.3. The maximum absolute atomic E-state index is 11.0. The minimum atomic E-state index is -0.476. The average Bonchev–Trinajstić information content (AvgIpc) is 3.24. The van der Waals surface area contributed by atoms with Gasteiger partial charge in [-0.25, -0.2) is 4.98 Å². The Hall–Kier alpha value is -4.07. The summed E-state index contributed by atoms with van der Waals surface area (Å²) in [7, 11) is 1.52. The molecule has 0 aliphatic heterocycles. The van der Waals surface area contributed by atoms with E-state index >= 15 is 0 Å². The highest BCUT2D eigenvalue weighted by Crippen LogP contribution is 2.31. The number of nitro groups is 1. The second kappa shape index (κ2) is 7.28. The Bertz CT molecular complexity index is 1140. The third-order valence-corrected chi connectivity index (χ3v) is 4.09. The van der Waals surface area contributed by atoms with Crippen LogP contribution in [0, 0.1) is 10.1 Å². The fourth-order valence-corrected chi connectivity index (χ4v) is 2.74. The van der Waals surface area contributed by atoms with Crippen LogP contribution < -0.4 is 4.74 Å². The summed E-state index contributed by atoms with van der Waals surface area (Å²) in [6.07, 6.45) is 0. The lowest BCUT2D eigenvalue weighted by molar-refractivity contribution is -0.384. The van der Waals surface area contributed by atoms with Crippen molar-refractivity contribution in [3.63, 3.8) is 0 Å². The Morgan fingerprint density at radius 2 is 1.75 bits per heavy atom. The molecule has 2 heterocycles. The second-order valence-corrected chi connectivity index (χ2v) is 5.85. The molecule has 0 N–H and O–H groups in total. The Morgan fingerprint density at radius 1 is 0.964 bits per heavy atom. The summed E-state index contributed by atoms with van der Waals surface area (Å²) in [5.41, 5.74) is 2.67. The Labute approximate surface area is 159 Å². The highest BCUT2D eigenvalue weighted by molar-refractivity contribution is 5.69. The highest BCUT2D eigenvalue weighted by Gasteiger charge is 2.18. The van der Waals surface area contributed by atoms with Gasteiger partial charge in [0.25, 0.3) is 11.6 Å². The summed E-state index contributed by atoms with van der Waals surface area (Å²) in [5.74, 6) is 0.811. The SMILES string of the molecule is COc1nc(-c2ccccc2)ccc1-c1noc(-c2cccc([N+](=O)[O-])c2)n1. The van der Waals surface area contributed by atoms with Gasteiger partial charge in [0.15, 0.2) is 0 Å². The molecule has 138 valence electrons. The number of nitrogens with zero attached hydrogens (tertiary/aromatic N) is 4. The van der Waals surface area contributed by atoms with Gasteiger partial charge in [0, 0.05) is 23.3 Å². The zero-order chi connectivity index (χ0) is 19.5. The molecular formula is C20H14N4O4. The lowest BCUT2D eigenvalue weighted by Gasteiger charge is -2.07. The van der Waals surface area contributed by atoms with Crippen molar-refractivity contribution < 1.29 is 14.2 Å². The topological polar surface area (TPSA) is 104 Å². The van der Waals surface area contributed by atoms with Crippen LogP contribution in [-0.2, 0) is 0 Å². The Kier molecular flexibility index (Phi) is 4.51. The molecule has 0 bridgehead atoms. The lowest BCUT2D eigenvalue weighted by atomic mass is 10.1. The van der Waals surface area contributed by atoms with E-state index in [1.807, 2.05) is 36.4 Å². The van der Waals surface area contributed by atoms with Crippen LogP contribution in [0.15, 0.2) is 71.3 Å². The first-order valence-electron chi connectivity index (χ1n) is 8.35. The molecule has 0 amide bonds. The number of ether oxygens (including phenoxy) is 1. The van der Waals surface area contributed by atoms with Gasteiger partial charge in [-0.3, -0.25) is 10.1 Å². The van der Waals surface area contributed by atoms with Gasteiger partial charge in [-0.15, -0.1) is 0 Å². The summed E-state index contributed by atoms with van der Waals surface area (Å²) in [6, 6.07) is 19.4. The summed E-state index contributed by atoms with van der Waals surface area (Å²) < 4.78 is 10.7. The van der Waals surface area contributed by atoms with Crippen LogP contribution in [0.3, 0.4) is 0 Å². The van der Waals surface area contributed by atoms with Gasteiger partial charge in [0.2, 0.25) is 11.7 Å². The van der Waals surface area contributed by atoms with Gasteiger partial charge in [0.1, 0.15) is 0 Å². The predicted molar refractivity (Wildman–Crippen MR) is 102 cm³/mol. The van der Waals surface area contributed by atoms with E-state index in [-0.39, 0.29) is 17.4 Å². The molecule has 2 aromatic carbocycles. The van der Waals surface area contributed by atoms with Crippen LogP contribution >= 0.6 is 0 Å². The van der Waals surface area contributed by atoms with Crippen LogP contribution in [0.4, 0.5) is 5.69 Å². The number of benzene rings is 2. The summed E-state index contributed by atoms with van der Waals surface area (Å²) in [4.78, 5) is 19.3. The molecule has 8 nitrogen and oxygen atoms in total. The van der Waals surface area contributed by atoms with Crippen molar-refractivity contribution in [3.05, 3.63) is 76.8 Å². The first-order valence-corrected chi connectivity index (χ1v) is 8.35. The van der Waals surface area contributed by atoms with Crippen LogP contribution in [-0.4, -0.2) is 27.2 Å². The van der Waals surface area contributed by atoms with E-state index in [0.29, 0.717) is 17.0 Å². The van der Waals surface area contributed by atoms with Crippen LogP contribution in [0.25, 0.3) is 34.1 Å². The number of pyridine rings is 1. The molecule has 4 rings (SSSR count). The monoisotopic (exact) mass is 374 g/mol. The molecule has 0 saturated heterocycles. The minimum Gasteiger partial charge on any atom is -0.480 e. The van der Waals surface area contributed by atoms with Crippen molar-refractivity contribution in [3.8, 4) is 40.0 Å². The van der Waals surface area contributed by atoms with Gasteiger partial charge < -0.3 is 9.26 Å². The minimum absolute atomic E-state index is 0.0521. The van der Waals surface area contributed by atoms with E-state index in [0.717, 1.165) is 11.3 Å². The van der Waals surface area contributed by atoms with Crippen molar-refractivity contribution >= 4 is 5.69 Å². The Balaban J connectivity index is 1.70. The molecule has 0 radical (unpaired) electrons. The molecule has 0 spiro atoms. The van der Waals surface area contributed by atoms with E-state index in [1.54, 1.807) is 18.2 Å².